The van der Waals surface area contributed by atoms with Crippen LogP contribution in [0.2, 0.25) is 0 Å². The quantitative estimate of drug-likeness (QED) is 0.461. The molecule has 1 aliphatic rings. The molecule has 2 atom stereocenters. The molecule has 0 heterocycles. The second-order valence-electron chi connectivity index (χ2n) is 2.89. The highest BCUT2D eigenvalue weighted by atomic mass is 16.0. The monoisotopic (exact) mass is 140 g/mol. The summed E-state index contributed by atoms with van der Waals surface area (Å²) in [4.78, 5) is 0. The van der Waals surface area contributed by atoms with Crippen LogP contribution in [0.5, 0.6) is 0 Å². The minimum atomic E-state index is 0. The molecule has 0 spiro atoms. The van der Waals surface area contributed by atoms with Crippen molar-refractivity contribution in [3.05, 3.63) is 24.3 Å². The molecule has 0 amide bonds. The molecule has 2 unspecified atom stereocenters. The third-order valence-corrected chi connectivity index (χ3v) is 1.69. The molecule has 0 fully saturated rings. The van der Waals surface area contributed by atoms with Gasteiger partial charge < -0.3 is 5.48 Å². The van der Waals surface area contributed by atoms with E-state index in [0.29, 0.717) is 5.92 Å². The van der Waals surface area contributed by atoms with Crippen molar-refractivity contribution < 1.29 is 5.48 Å². The van der Waals surface area contributed by atoms with Gasteiger partial charge in [-0.2, -0.15) is 0 Å². The van der Waals surface area contributed by atoms with Crippen LogP contribution in [-0.4, -0.2) is 5.48 Å². The van der Waals surface area contributed by atoms with E-state index in [9.17, 15) is 0 Å². The third kappa shape index (κ3) is 2.83. The van der Waals surface area contributed by atoms with Crippen molar-refractivity contribution in [3.63, 3.8) is 0 Å². The lowest BCUT2D eigenvalue weighted by Crippen LogP contribution is -1.83. The molecular formula is C9H16O. The standard InChI is InChI=1S/C9H14.H2O/c1-8-4-3-5-9(2)7-6-8;/h3-4,6-9H,5H2,1-2H3;1H2. The molecule has 1 rings (SSSR count). The van der Waals surface area contributed by atoms with E-state index < -0.39 is 0 Å². The predicted octanol–water partition coefficient (Wildman–Crippen LogP) is 1.95. The van der Waals surface area contributed by atoms with Gasteiger partial charge in [0, 0.05) is 0 Å². The van der Waals surface area contributed by atoms with Crippen LogP contribution in [0.15, 0.2) is 24.3 Å². The summed E-state index contributed by atoms with van der Waals surface area (Å²) in [5.74, 6) is 1.39. The lowest BCUT2D eigenvalue weighted by molar-refractivity contribution is 0.747. The first kappa shape index (κ1) is 9.44. The average molecular weight is 140 g/mol. The van der Waals surface area contributed by atoms with Gasteiger partial charge in [0.15, 0.2) is 0 Å². The zero-order valence-corrected chi connectivity index (χ0v) is 6.67. The molecule has 0 bridgehead atoms. The minimum Gasteiger partial charge on any atom is -0.412 e. The largest absolute Gasteiger partial charge is 0.412 e. The Labute approximate surface area is 62.8 Å². The molecule has 10 heavy (non-hydrogen) atoms. The average Bonchev–Trinajstić information content (AvgIpc) is 1.97. The molecule has 0 aliphatic heterocycles. The molecule has 1 heteroatoms. The van der Waals surface area contributed by atoms with Crippen LogP contribution in [0.3, 0.4) is 0 Å². The van der Waals surface area contributed by atoms with Gasteiger partial charge in [0.1, 0.15) is 0 Å². The van der Waals surface area contributed by atoms with Gasteiger partial charge in [0.05, 0.1) is 0 Å². The van der Waals surface area contributed by atoms with Crippen molar-refractivity contribution in [2.75, 3.05) is 0 Å². The summed E-state index contributed by atoms with van der Waals surface area (Å²) in [6, 6.07) is 0. The van der Waals surface area contributed by atoms with Crippen LogP contribution in [-0.2, 0) is 0 Å². The second-order valence-corrected chi connectivity index (χ2v) is 2.89. The Morgan fingerprint density at radius 1 is 1.10 bits per heavy atom. The third-order valence-electron chi connectivity index (χ3n) is 1.69. The Morgan fingerprint density at radius 3 is 2.50 bits per heavy atom. The number of rotatable bonds is 0. The number of allylic oxidation sites excluding steroid dienone is 4. The zero-order valence-electron chi connectivity index (χ0n) is 6.67. The Kier molecular flexibility index (Phi) is 4.05. The molecule has 0 aromatic rings. The minimum absolute atomic E-state index is 0. The first-order valence-electron chi connectivity index (χ1n) is 3.64. The Bertz CT molecular complexity index is 136. The first-order chi connectivity index (χ1) is 4.29. The molecule has 1 aliphatic carbocycles. The fourth-order valence-electron chi connectivity index (χ4n) is 1.02. The van der Waals surface area contributed by atoms with Crippen LogP contribution in [0.1, 0.15) is 20.3 Å². The van der Waals surface area contributed by atoms with Crippen molar-refractivity contribution in [2.24, 2.45) is 11.8 Å². The topological polar surface area (TPSA) is 31.5 Å². The van der Waals surface area contributed by atoms with Crippen molar-refractivity contribution in [1.82, 2.24) is 0 Å². The summed E-state index contributed by atoms with van der Waals surface area (Å²) in [6.07, 6.45) is 10.3. The smallest absolute Gasteiger partial charge is 0.00818 e. The zero-order chi connectivity index (χ0) is 6.69. The van der Waals surface area contributed by atoms with E-state index in [1.54, 1.807) is 0 Å². The van der Waals surface area contributed by atoms with Crippen LogP contribution in [0.25, 0.3) is 0 Å². The van der Waals surface area contributed by atoms with E-state index >= 15 is 0 Å². The lowest BCUT2D eigenvalue weighted by Gasteiger charge is -1.96. The van der Waals surface area contributed by atoms with Crippen LogP contribution in [0, 0.1) is 11.8 Å². The SMILES string of the molecule is CC1C=CCC(C)C=C1.O. The van der Waals surface area contributed by atoms with E-state index in [0.717, 1.165) is 5.92 Å². The molecule has 0 aromatic carbocycles. The van der Waals surface area contributed by atoms with Crippen molar-refractivity contribution in [2.45, 2.75) is 20.3 Å². The second kappa shape index (κ2) is 4.29. The maximum absolute atomic E-state index is 2.30. The summed E-state index contributed by atoms with van der Waals surface area (Å²) in [7, 11) is 0. The number of hydrogen-bond donors (Lipinski definition) is 0. The molecular weight excluding hydrogens is 124 g/mol. The summed E-state index contributed by atoms with van der Waals surface area (Å²) < 4.78 is 0. The Morgan fingerprint density at radius 2 is 1.80 bits per heavy atom. The Hall–Kier alpha value is -0.560. The highest BCUT2D eigenvalue weighted by Gasteiger charge is 1.98. The Balaban J connectivity index is 0.000000810. The van der Waals surface area contributed by atoms with Gasteiger partial charge >= 0.3 is 0 Å². The summed E-state index contributed by atoms with van der Waals surface area (Å²) in [6.45, 7) is 4.46. The van der Waals surface area contributed by atoms with Crippen molar-refractivity contribution >= 4 is 0 Å². The van der Waals surface area contributed by atoms with E-state index in [1.165, 1.54) is 6.42 Å². The van der Waals surface area contributed by atoms with E-state index in [1.807, 2.05) is 0 Å². The van der Waals surface area contributed by atoms with Gasteiger partial charge in [0.25, 0.3) is 0 Å². The highest BCUT2D eigenvalue weighted by Crippen LogP contribution is 2.13. The molecule has 0 saturated carbocycles. The van der Waals surface area contributed by atoms with Crippen LogP contribution < -0.4 is 0 Å². The van der Waals surface area contributed by atoms with Gasteiger partial charge in [-0.15, -0.1) is 0 Å². The van der Waals surface area contributed by atoms with Gasteiger partial charge in [-0.3, -0.25) is 0 Å². The first-order valence-corrected chi connectivity index (χ1v) is 3.64. The molecule has 1 nitrogen and oxygen atoms in total. The summed E-state index contributed by atoms with van der Waals surface area (Å²) >= 11 is 0. The van der Waals surface area contributed by atoms with Gasteiger partial charge in [0.2, 0.25) is 0 Å². The number of hydrogen-bond acceptors (Lipinski definition) is 0. The molecule has 0 aromatic heterocycles. The highest BCUT2D eigenvalue weighted by molar-refractivity contribution is 5.05. The maximum Gasteiger partial charge on any atom is -0.00818 e. The van der Waals surface area contributed by atoms with Crippen LogP contribution >= 0.6 is 0 Å². The van der Waals surface area contributed by atoms with Crippen molar-refractivity contribution in [1.29, 1.82) is 0 Å². The maximum atomic E-state index is 2.30. The molecule has 2 N–H and O–H groups in total. The van der Waals surface area contributed by atoms with Crippen molar-refractivity contribution in [3.8, 4) is 0 Å². The molecule has 0 saturated heterocycles. The van der Waals surface area contributed by atoms with E-state index in [2.05, 4.69) is 38.2 Å². The predicted molar refractivity (Wildman–Crippen MR) is 44.8 cm³/mol. The fourth-order valence-corrected chi connectivity index (χ4v) is 1.02. The fraction of sp³-hybridized carbons (Fsp3) is 0.556. The lowest BCUT2D eigenvalue weighted by atomic mass is 10.1. The van der Waals surface area contributed by atoms with E-state index in [4.69, 9.17) is 0 Å². The summed E-state index contributed by atoms with van der Waals surface area (Å²) in [5, 5.41) is 0. The van der Waals surface area contributed by atoms with Gasteiger partial charge in [-0.05, 0) is 18.3 Å². The van der Waals surface area contributed by atoms with Gasteiger partial charge in [-0.25, -0.2) is 0 Å². The molecule has 58 valence electrons. The summed E-state index contributed by atoms with van der Waals surface area (Å²) in [5.41, 5.74) is 0. The van der Waals surface area contributed by atoms with Gasteiger partial charge in [-0.1, -0.05) is 38.2 Å². The normalized spacial score (nSPS) is 31.0. The van der Waals surface area contributed by atoms with Crippen LogP contribution in [0.4, 0.5) is 0 Å². The van der Waals surface area contributed by atoms with E-state index in [-0.39, 0.29) is 5.48 Å². The molecule has 0 radical (unpaired) electrons.